The summed E-state index contributed by atoms with van der Waals surface area (Å²) >= 11 is 0. The summed E-state index contributed by atoms with van der Waals surface area (Å²) in [5, 5.41) is 3.37. The van der Waals surface area contributed by atoms with Crippen molar-refractivity contribution in [3.8, 4) is 0 Å². The van der Waals surface area contributed by atoms with Crippen molar-refractivity contribution in [2.24, 2.45) is 11.8 Å². The fourth-order valence-electron chi connectivity index (χ4n) is 3.81. The number of amides is 1. The van der Waals surface area contributed by atoms with Crippen molar-refractivity contribution in [3.05, 3.63) is 0 Å². The number of carbonyl (C=O) groups is 1. The van der Waals surface area contributed by atoms with E-state index >= 15 is 0 Å². The van der Waals surface area contributed by atoms with Crippen LogP contribution in [0, 0.1) is 11.8 Å². The highest BCUT2D eigenvalue weighted by atomic mass is 35.5. The molecule has 148 valence electrons. The molecule has 25 heavy (non-hydrogen) atoms. The molecule has 1 amide bonds. The van der Waals surface area contributed by atoms with Crippen LogP contribution < -0.4 is 10.0 Å². The Bertz CT molecular complexity index is 501. The fraction of sp³-hybridized carbons (Fsp3) is 0.941. The van der Waals surface area contributed by atoms with Gasteiger partial charge in [0, 0.05) is 25.6 Å². The number of rotatable bonds is 7. The van der Waals surface area contributed by atoms with Crippen LogP contribution in [0.25, 0.3) is 0 Å². The summed E-state index contributed by atoms with van der Waals surface area (Å²) in [6.07, 6.45) is 5.01. The Hall–Kier alpha value is -0.370. The van der Waals surface area contributed by atoms with Gasteiger partial charge in [0.2, 0.25) is 15.9 Å². The second-order valence-electron chi connectivity index (χ2n) is 7.36. The van der Waals surface area contributed by atoms with Crippen LogP contribution in [-0.4, -0.2) is 57.2 Å². The van der Waals surface area contributed by atoms with Crippen LogP contribution in [-0.2, 0) is 14.8 Å². The first-order valence-corrected chi connectivity index (χ1v) is 11.0. The zero-order valence-electron chi connectivity index (χ0n) is 15.5. The van der Waals surface area contributed by atoms with Gasteiger partial charge < -0.3 is 10.2 Å². The highest BCUT2D eigenvalue weighted by molar-refractivity contribution is 7.89. The molecule has 2 heterocycles. The van der Waals surface area contributed by atoms with Crippen LogP contribution in [0.1, 0.15) is 52.4 Å². The quantitative estimate of drug-likeness (QED) is 0.688. The van der Waals surface area contributed by atoms with E-state index in [4.69, 9.17) is 0 Å². The molecule has 0 aromatic heterocycles. The van der Waals surface area contributed by atoms with Crippen LogP contribution in [0.15, 0.2) is 0 Å². The van der Waals surface area contributed by atoms with Gasteiger partial charge in [0.05, 0.1) is 5.75 Å². The van der Waals surface area contributed by atoms with Gasteiger partial charge >= 0.3 is 0 Å². The molecule has 0 bridgehead atoms. The van der Waals surface area contributed by atoms with Crippen molar-refractivity contribution in [2.75, 3.05) is 31.9 Å². The van der Waals surface area contributed by atoms with Gasteiger partial charge in [-0.2, -0.15) is 0 Å². The lowest BCUT2D eigenvalue weighted by molar-refractivity contribution is -0.133. The molecule has 6 nitrogen and oxygen atoms in total. The first kappa shape index (κ1) is 22.7. The second kappa shape index (κ2) is 10.7. The highest BCUT2D eigenvalue weighted by Gasteiger charge is 2.28. The normalized spacial score (nSPS) is 21.6. The number of piperidine rings is 2. The summed E-state index contributed by atoms with van der Waals surface area (Å²) in [6, 6.07) is -0.0209. The fourth-order valence-corrected chi connectivity index (χ4v) is 5.21. The predicted octanol–water partition coefficient (Wildman–Crippen LogP) is 1.75. The minimum Gasteiger partial charge on any atom is -0.343 e. The van der Waals surface area contributed by atoms with Crippen molar-refractivity contribution < 1.29 is 13.2 Å². The third-order valence-electron chi connectivity index (χ3n) is 5.35. The van der Waals surface area contributed by atoms with Crippen LogP contribution in [0.3, 0.4) is 0 Å². The van der Waals surface area contributed by atoms with Gasteiger partial charge in [-0.3, -0.25) is 4.79 Å². The lowest BCUT2D eigenvalue weighted by atomic mass is 9.84. The summed E-state index contributed by atoms with van der Waals surface area (Å²) in [5.74, 6) is 1.49. The summed E-state index contributed by atoms with van der Waals surface area (Å²) in [7, 11) is -3.16. The van der Waals surface area contributed by atoms with Crippen molar-refractivity contribution >= 4 is 28.3 Å². The number of carbonyl (C=O) groups excluding carboxylic acids is 1. The van der Waals surface area contributed by atoms with Crippen LogP contribution in [0.2, 0.25) is 0 Å². The van der Waals surface area contributed by atoms with Crippen LogP contribution in [0.5, 0.6) is 0 Å². The Morgan fingerprint density at radius 3 is 2.36 bits per heavy atom. The largest absolute Gasteiger partial charge is 0.343 e. The van der Waals surface area contributed by atoms with E-state index in [2.05, 4.69) is 17.0 Å². The van der Waals surface area contributed by atoms with E-state index in [0.717, 1.165) is 38.8 Å². The third kappa shape index (κ3) is 7.41. The van der Waals surface area contributed by atoms with Crippen molar-refractivity contribution in [2.45, 2.75) is 58.4 Å². The highest BCUT2D eigenvalue weighted by Crippen LogP contribution is 2.25. The molecule has 1 atom stereocenters. The molecule has 2 aliphatic heterocycles. The van der Waals surface area contributed by atoms with Crippen LogP contribution in [0.4, 0.5) is 0 Å². The van der Waals surface area contributed by atoms with Crippen LogP contribution >= 0.6 is 12.4 Å². The number of nitrogens with one attached hydrogen (secondary N) is 2. The number of hydrogen-bond acceptors (Lipinski definition) is 4. The standard InChI is InChI=1S/C17H33N3O3S.ClH/c1-3-12-24(22,23)19-16-6-10-20(11-7-16)17(21)13-14(2)15-4-8-18-9-5-15;/h14-16,18-19H,3-13H2,1-2H3;1H. The average molecular weight is 396 g/mol. The zero-order chi connectivity index (χ0) is 17.6. The summed E-state index contributed by atoms with van der Waals surface area (Å²) in [5.41, 5.74) is 0. The van der Waals surface area contributed by atoms with E-state index in [1.807, 2.05) is 11.8 Å². The Labute approximate surface area is 159 Å². The van der Waals surface area contributed by atoms with E-state index in [0.29, 0.717) is 37.8 Å². The molecule has 8 heteroatoms. The van der Waals surface area contributed by atoms with Gasteiger partial charge in [-0.05, 0) is 57.0 Å². The minimum atomic E-state index is -3.16. The minimum absolute atomic E-state index is 0. The molecule has 0 spiro atoms. The topological polar surface area (TPSA) is 78.5 Å². The Balaban J connectivity index is 0.00000312. The van der Waals surface area contributed by atoms with Crippen molar-refractivity contribution in [1.29, 1.82) is 0 Å². The zero-order valence-corrected chi connectivity index (χ0v) is 17.1. The SMILES string of the molecule is CCCS(=O)(=O)NC1CCN(C(=O)CC(C)C2CCNCC2)CC1.Cl. The predicted molar refractivity (Wildman–Crippen MR) is 103 cm³/mol. The average Bonchev–Trinajstić information content (AvgIpc) is 2.55. The molecule has 2 saturated heterocycles. The number of nitrogens with zero attached hydrogens (tertiary/aromatic N) is 1. The molecule has 1 unspecified atom stereocenters. The van der Waals surface area contributed by atoms with Gasteiger partial charge in [0.1, 0.15) is 0 Å². The lowest BCUT2D eigenvalue weighted by Gasteiger charge is -2.34. The number of hydrogen-bond donors (Lipinski definition) is 2. The van der Waals surface area contributed by atoms with Crippen molar-refractivity contribution in [3.63, 3.8) is 0 Å². The first-order chi connectivity index (χ1) is 11.4. The maximum absolute atomic E-state index is 12.5. The third-order valence-corrected chi connectivity index (χ3v) is 6.99. The number of sulfonamides is 1. The molecule has 0 aromatic carbocycles. The maximum Gasteiger partial charge on any atom is 0.222 e. The van der Waals surface area contributed by atoms with E-state index in [1.165, 1.54) is 0 Å². The smallest absolute Gasteiger partial charge is 0.222 e. The Morgan fingerprint density at radius 1 is 1.20 bits per heavy atom. The molecular formula is C17H34ClN3O3S. The summed E-state index contributed by atoms with van der Waals surface area (Å²) in [6.45, 7) is 7.51. The molecular weight excluding hydrogens is 362 g/mol. The molecule has 0 aliphatic carbocycles. The van der Waals surface area contributed by atoms with Crippen molar-refractivity contribution in [1.82, 2.24) is 14.9 Å². The molecule has 2 N–H and O–H groups in total. The Morgan fingerprint density at radius 2 is 1.80 bits per heavy atom. The molecule has 2 fully saturated rings. The summed E-state index contributed by atoms with van der Waals surface area (Å²) in [4.78, 5) is 14.4. The first-order valence-electron chi connectivity index (χ1n) is 9.39. The second-order valence-corrected chi connectivity index (χ2v) is 9.23. The molecule has 2 rings (SSSR count). The van der Waals surface area contributed by atoms with Gasteiger partial charge in [0.15, 0.2) is 0 Å². The van der Waals surface area contributed by atoms with E-state index in [-0.39, 0.29) is 30.1 Å². The summed E-state index contributed by atoms with van der Waals surface area (Å²) < 4.78 is 26.5. The number of halogens is 1. The van der Waals surface area contributed by atoms with Gasteiger partial charge in [-0.25, -0.2) is 13.1 Å². The maximum atomic E-state index is 12.5. The molecule has 2 aliphatic rings. The lowest BCUT2D eigenvalue weighted by Crippen LogP contribution is -2.47. The Kier molecular flexibility index (Phi) is 9.70. The number of likely N-dealkylation sites (tertiary alicyclic amines) is 1. The molecule has 0 saturated carbocycles. The van der Waals surface area contributed by atoms with Gasteiger partial charge in [-0.1, -0.05) is 13.8 Å². The monoisotopic (exact) mass is 395 g/mol. The van der Waals surface area contributed by atoms with Gasteiger partial charge in [0.25, 0.3) is 0 Å². The van der Waals surface area contributed by atoms with E-state index in [9.17, 15) is 13.2 Å². The van der Waals surface area contributed by atoms with E-state index in [1.54, 1.807) is 0 Å². The van der Waals surface area contributed by atoms with E-state index < -0.39 is 10.0 Å². The molecule has 0 radical (unpaired) electrons. The van der Waals surface area contributed by atoms with Gasteiger partial charge in [-0.15, -0.1) is 12.4 Å². The molecule has 0 aromatic rings.